The van der Waals surface area contributed by atoms with Crippen LogP contribution in [-0.2, 0) is 0 Å². The molecule has 1 saturated carbocycles. The molecule has 104 valence electrons. The molecule has 3 rings (SSSR count). The molecule has 1 aliphatic carbocycles. The number of para-hydroxylation sites is 2. The summed E-state index contributed by atoms with van der Waals surface area (Å²) in [6.45, 7) is 1.84. The van der Waals surface area contributed by atoms with Gasteiger partial charge in [-0.25, -0.2) is 9.97 Å². The van der Waals surface area contributed by atoms with Gasteiger partial charge in [0.05, 0.1) is 16.7 Å². The summed E-state index contributed by atoms with van der Waals surface area (Å²) in [6, 6.07) is 7.94. The highest BCUT2D eigenvalue weighted by Gasteiger charge is 2.19. The molecule has 1 heterocycles. The summed E-state index contributed by atoms with van der Waals surface area (Å²) in [6.07, 6.45) is 5.83. The molecule has 1 amide bonds. The fourth-order valence-electron chi connectivity index (χ4n) is 2.80. The molecule has 0 saturated heterocycles. The van der Waals surface area contributed by atoms with Crippen molar-refractivity contribution in [1.29, 1.82) is 0 Å². The minimum Gasteiger partial charge on any atom is -0.348 e. The van der Waals surface area contributed by atoms with Gasteiger partial charge in [-0.05, 0) is 31.9 Å². The predicted molar refractivity (Wildman–Crippen MR) is 78.6 cm³/mol. The Morgan fingerprint density at radius 2 is 1.75 bits per heavy atom. The second kappa shape index (κ2) is 5.57. The van der Waals surface area contributed by atoms with E-state index < -0.39 is 0 Å². The maximum absolute atomic E-state index is 12.4. The number of benzene rings is 1. The lowest BCUT2D eigenvalue weighted by Crippen LogP contribution is -2.37. The maximum Gasteiger partial charge on any atom is 0.272 e. The van der Waals surface area contributed by atoms with Crippen LogP contribution in [0, 0.1) is 6.92 Å². The molecular weight excluding hydrogens is 250 g/mol. The molecule has 0 unspecified atom stereocenters. The Bertz CT molecular complexity index is 633. The van der Waals surface area contributed by atoms with E-state index in [1.807, 2.05) is 31.2 Å². The summed E-state index contributed by atoms with van der Waals surface area (Å²) >= 11 is 0. The summed E-state index contributed by atoms with van der Waals surface area (Å²) in [5.41, 5.74) is 2.75. The van der Waals surface area contributed by atoms with Gasteiger partial charge in [-0.2, -0.15) is 0 Å². The van der Waals surface area contributed by atoms with E-state index in [-0.39, 0.29) is 5.91 Å². The van der Waals surface area contributed by atoms with Gasteiger partial charge in [-0.3, -0.25) is 4.79 Å². The van der Waals surface area contributed by atoms with Crippen molar-refractivity contribution in [1.82, 2.24) is 15.3 Å². The van der Waals surface area contributed by atoms with E-state index in [0.717, 1.165) is 23.9 Å². The van der Waals surface area contributed by atoms with Gasteiger partial charge in [0.15, 0.2) is 0 Å². The maximum atomic E-state index is 12.4. The predicted octanol–water partition coefficient (Wildman–Crippen LogP) is 3.00. The van der Waals surface area contributed by atoms with Crippen molar-refractivity contribution in [2.24, 2.45) is 0 Å². The lowest BCUT2D eigenvalue weighted by molar-refractivity contribution is 0.0922. The Balaban J connectivity index is 1.84. The Hall–Kier alpha value is -1.97. The highest BCUT2D eigenvalue weighted by molar-refractivity contribution is 5.95. The first-order valence-electron chi connectivity index (χ1n) is 7.28. The smallest absolute Gasteiger partial charge is 0.272 e. The largest absolute Gasteiger partial charge is 0.348 e. The molecular formula is C16H19N3O. The van der Waals surface area contributed by atoms with Gasteiger partial charge in [0, 0.05) is 6.04 Å². The lowest BCUT2D eigenvalue weighted by atomic mass is 9.95. The van der Waals surface area contributed by atoms with Crippen molar-refractivity contribution < 1.29 is 4.79 Å². The van der Waals surface area contributed by atoms with E-state index in [1.54, 1.807) is 0 Å². The molecule has 0 aliphatic heterocycles. The number of rotatable bonds is 2. The van der Waals surface area contributed by atoms with Gasteiger partial charge in [0.1, 0.15) is 5.69 Å². The van der Waals surface area contributed by atoms with Gasteiger partial charge >= 0.3 is 0 Å². The Labute approximate surface area is 118 Å². The summed E-state index contributed by atoms with van der Waals surface area (Å²) in [5, 5.41) is 3.10. The molecule has 1 aromatic heterocycles. The number of amides is 1. The number of aromatic nitrogens is 2. The molecule has 1 aliphatic rings. The van der Waals surface area contributed by atoms with Gasteiger partial charge in [-0.15, -0.1) is 0 Å². The van der Waals surface area contributed by atoms with Crippen LogP contribution in [0.5, 0.6) is 0 Å². The fraction of sp³-hybridized carbons (Fsp3) is 0.438. The summed E-state index contributed by atoms with van der Waals surface area (Å²) in [5.74, 6) is -0.0901. The van der Waals surface area contributed by atoms with Crippen LogP contribution in [0.3, 0.4) is 0 Å². The van der Waals surface area contributed by atoms with Crippen molar-refractivity contribution in [3.05, 3.63) is 35.7 Å². The average molecular weight is 269 g/mol. The zero-order valence-corrected chi connectivity index (χ0v) is 11.7. The number of carbonyl (C=O) groups excluding carboxylic acids is 1. The first kappa shape index (κ1) is 13.0. The Morgan fingerprint density at radius 3 is 2.45 bits per heavy atom. The zero-order chi connectivity index (χ0) is 13.9. The second-order valence-corrected chi connectivity index (χ2v) is 5.45. The molecule has 0 spiro atoms. The fourth-order valence-corrected chi connectivity index (χ4v) is 2.80. The van der Waals surface area contributed by atoms with Crippen molar-refractivity contribution in [2.75, 3.05) is 0 Å². The third kappa shape index (κ3) is 2.64. The highest BCUT2D eigenvalue weighted by Crippen LogP contribution is 2.18. The normalized spacial score (nSPS) is 16.2. The minimum absolute atomic E-state index is 0.0901. The zero-order valence-electron chi connectivity index (χ0n) is 11.7. The number of fused-ring (bicyclic) bond motifs is 1. The van der Waals surface area contributed by atoms with Crippen LogP contribution in [0.4, 0.5) is 0 Å². The SMILES string of the molecule is Cc1nc2ccccc2nc1C(=O)NC1CCCCC1. The third-order valence-corrected chi connectivity index (χ3v) is 3.90. The van der Waals surface area contributed by atoms with E-state index >= 15 is 0 Å². The molecule has 1 fully saturated rings. The van der Waals surface area contributed by atoms with Gasteiger partial charge in [0.2, 0.25) is 0 Å². The third-order valence-electron chi connectivity index (χ3n) is 3.90. The van der Waals surface area contributed by atoms with Crippen molar-refractivity contribution in [3.8, 4) is 0 Å². The molecule has 0 bridgehead atoms. The summed E-state index contributed by atoms with van der Waals surface area (Å²) < 4.78 is 0. The quantitative estimate of drug-likeness (QED) is 0.911. The number of hydrogen-bond acceptors (Lipinski definition) is 3. The van der Waals surface area contributed by atoms with Crippen LogP contribution in [0.1, 0.15) is 48.3 Å². The van der Waals surface area contributed by atoms with Crippen LogP contribution < -0.4 is 5.32 Å². The molecule has 0 atom stereocenters. The monoisotopic (exact) mass is 269 g/mol. The van der Waals surface area contributed by atoms with Gasteiger partial charge < -0.3 is 5.32 Å². The summed E-state index contributed by atoms with van der Waals surface area (Å²) in [7, 11) is 0. The first-order valence-corrected chi connectivity index (χ1v) is 7.28. The van der Waals surface area contributed by atoms with Crippen molar-refractivity contribution >= 4 is 16.9 Å². The van der Waals surface area contributed by atoms with Crippen LogP contribution >= 0.6 is 0 Å². The van der Waals surface area contributed by atoms with E-state index in [1.165, 1.54) is 19.3 Å². The number of aryl methyl sites for hydroxylation is 1. The van der Waals surface area contributed by atoms with E-state index in [0.29, 0.717) is 17.4 Å². The molecule has 1 N–H and O–H groups in total. The highest BCUT2D eigenvalue weighted by atomic mass is 16.2. The Morgan fingerprint density at radius 1 is 1.10 bits per heavy atom. The Kier molecular flexibility index (Phi) is 3.63. The van der Waals surface area contributed by atoms with Crippen molar-refractivity contribution in [2.45, 2.75) is 45.1 Å². The van der Waals surface area contributed by atoms with Crippen LogP contribution in [-0.4, -0.2) is 21.9 Å². The van der Waals surface area contributed by atoms with Crippen LogP contribution in [0.2, 0.25) is 0 Å². The molecule has 4 heteroatoms. The molecule has 20 heavy (non-hydrogen) atoms. The van der Waals surface area contributed by atoms with E-state index in [4.69, 9.17) is 0 Å². The van der Waals surface area contributed by atoms with Crippen molar-refractivity contribution in [3.63, 3.8) is 0 Å². The molecule has 0 radical (unpaired) electrons. The number of nitrogens with one attached hydrogen (secondary N) is 1. The standard InChI is InChI=1S/C16H19N3O/c1-11-15(16(20)18-12-7-3-2-4-8-12)19-14-10-6-5-9-13(14)17-11/h5-6,9-10,12H,2-4,7-8H2,1H3,(H,18,20). The lowest BCUT2D eigenvalue weighted by Gasteiger charge is -2.22. The van der Waals surface area contributed by atoms with Crippen LogP contribution in [0.25, 0.3) is 11.0 Å². The average Bonchev–Trinajstić information content (AvgIpc) is 2.47. The molecule has 1 aromatic carbocycles. The molecule has 4 nitrogen and oxygen atoms in total. The number of hydrogen-bond donors (Lipinski definition) is 1. The topological polar surface area (TPSA) is 54.9 Å². The van der Waals surface area contributed by atoms with Crippen LogP contribution in [0.15, 0.2) is 24.3 Å². The van der Waals surface area contributed by atoms with E-state index in [2.05, 4.69) is 15.3 Å². The first-order chi connectivity index (χ1) is 9.74. The van der Waals surface area contributed by atoms with Gasteiger partial charge in [0.25, 0.3) is 5.91 Å². The van der Waals surface area contributed by atoms with Gasteiger partial charge in [-0.1, -0.05) is 31.4 Å². The van der Waals surface area contributed by atoms with E-state index in [9.17, 15) is 4.79 Å². The summed E-state index contributed by atoms with van der Waals surface area (Å²) in [4.78, 5) is 21.3. The second-order valence-electron chi connectivity index (χ2n) is 5.45. The number of carbonyl (C=O) groups is 1. The molecule has 2 aromatic rings. The minimum atomic E-state index is -0.0901. The number of nitrogens with zero attached hydrogens (tertiary/aromatic N) is 2.